The van der Waals surface area contributed by atoms with Gasteiger partial charge in [-0.3, -0.25) is 0 Å². The molecule has 1 saturated carbocycles. The summed E-state index contributed by atoms with van der Waals surface area (Å²) in [5.41, 5.74) is -0.126. The summed E-state index contributed by atoms with van der Waals surface area (Å²) < 4.78 is 1.91. The average molecular weight is 223 g/mol. The van der Waals surface area contributed by atoms with Gasteiger partial charge in [0.2, 0.25) is 0 Å². The van der Waals surface area contributed by atoms with E-state index in [2.05, 4.69) is 24.0 Å². The normalized spacial score (nSPS) is 21.6. The van der Waals surface area contributed by atoms with Crippen molar-refractivity contribution in [3.05, 3.63) is 18.2 Å². The molecule has 2 rings (SSSR count). The number of rotatable bonds is 3. The van der Waals surface area contributed by atoms with E-state index in [0.717, 1.165) is 18.7 Å². The van der Waals surface area contributed by atoms with Crippen molar-refractivity contribution in [1.29, 1.82) is 0 Å². The quantitative estimate of drug-likeness (QED) is 0.840. The highest BCUT2D eigenvalue weighted by atomic mass is 16.3. The first-order valence-electron chi connectivity index (χ1n) is 5.90. The lowest BCUT2D eigenvalue weighted by atomic mass is 9.88. The van der Waals surface area contributed by atoms with Crippen LogP contribution >= 0.6 is 0 Å². The van der Waals surface area contributed by atoms with E-state index in [1.807, 2.05) is 17.8 Å². The van der Waals surface area contributed by atoms with Crippen molar-refractivity contribution in [2.75, 3.05) is 14.1 Å². The molecule has 0 saturated heterocycles. The summed E-state index contributed by atoms with van der Waals surface area (Å²) in [4.78, 5) is 6.44. The van der Waals surface area contributed by atoms with Gasteiger partial charge in [0.05, 0.1) is 5.54 Å². The fourth-order valence-electron chi connectivity index (χ4n) is 2.83. The zero-order valence-corrected chi connectivity index (χ0v) is 10.3. The highest BCUT2D eigenvalue weighted by Gasteiger charge is 2.44. The van der Waals surface area contributed by atoms with Crippen LogP contribution in [0.2, 0.25) is 0 Å². The number of nitrogens with zero attached hydrogens (tertiary/aromatic N) is 3. The van der Waals surface area contributed by atoms with Crippen molar-refractivity contribution in [2.45, 2.75) is 37.3 Å². The number of hydrogen-bond acceptors (Lipinski definition) is 3. The van der Waals surface area contributed by atoms with Crippen LogP contribution in [0.1, 0.15) is 37.6 Å². The molecule has 1 aromatic rings. The fourth-order valence-corrected chi connectivity index (χ4v) is 2.83. The first kappa shape index (κ1) is 11.6. The Balaban J connectivity index is 2.31. The second-order valence-corrected chi connectivity index (χ2v) is 5.00. The number of likely N-dealkylation sites (N-methyl/N-ethyl adjacent to an activating group) is 1. The molecule has 1 unspecified atom stereocenters. The molecular formula is C12H21N3O. The van der Waals surface area contributed by atoms with E-state index in [1.54, 1.807) is 6.20 Å². The van der Waals surface area contributed by atoms with Crippen LogP contribution in [0.4, 0.5) is 0 Å². The molecule has 1 fully saturated rings. The van der Waals surface area contributed by atoms with Gasteiger partial charge in [-0.15, -0.1) is 0 Å². The van der Waals surface area contributed by atoms with Crippen molar-refractivity contribution < 1.29 is 5.11 Å². The minimum absolute atomic E-state index is 0.126. The molecule has 1 N–H and O–H groups in total. The zero-order chi connectivity index (χ0) is 11.8. The maximum Gasteiger partial charge on any atom is 0.139 e. The highest BCUT2D eigenvalue weighted by Crippen LogP contribution is 2.42. The lowest BCUT2D eigenvalue weighted by Gasteiger charge is -2.40. The largest absolute Gasteiger partial charge is 0.383 e. The third kappa shape index (κ3) is 1.66. The van der Waals surface area contributed by atoms with Gasteiger partial charge >= 0.3 is 0 Å². The highest BCUT2D eigenvalue weighted by molar-refractivity contribution is 5.08. The van der Waals surface area contributed by atoms with Gasteiger partial charge in [0, 0.05) is 19.4 Å². The van der Waals surface area contributed by atoms with Crippen LogP contribution < -0.4 is 0 Å². The fraction of sp³-hybridized carbons (Fsp3) is 0.750. The van der Waals surface area contributed by atoms with Gasteiger partial charge in [-0.05, 0) is 26.9 Å². The monoisotopic (exact) mass is 223 g/mol. The molecule has 16 heavy (non-hydrogen) atoms. The Bertz CT molecular complexity index is 353. The first-order valence-corrected chi connectivity index (χ1v) is 5.90. The Labute approximate surface area is 96.9 Å². The molecule has 0 spiro atoms. The van der Waals surface area contributed by atoms with Crippen LogP contribution in [0.5, 0.6) is 0 Å². The van der Waals surface area contributed by atoms with Gasteiger partial charge in [0.25, 0.3) is 0 Å². The molecule has 1 aliphatic rings. The van der Waals surface area contributed by atoms with E-state index in [9.17, 15) is 5.11 Å². The molecule has 4 heteroatoms. The molecule has 1 atom stereocenters. The third-order valence-corrected chi connectivity index (χ3v) is 3.97. The second kappa shape index (κ2) is 4.18. The molecule has 1 aromatic heterocycles. The smallest absolute Gasteiger partial charge is 0.139 e. The maximum atomic E-state index is 10.6. The van der Waals surface area contributed by atoms with Gasteiger partial charge < -0.3 is 14.6 Å². The van der Waals surface area contributed by atoms with Crippen molar-refractivity contribution in [3.63, 3.8) is 0 Å². The van der Waals surface area contributed by atoms with Gasteiger partial charge in [-0.1, -0.05) is 12.8 Å². The minimum atomic E-state index is -0.495. The lowest BCUT2D eigenvalue weighted by Crippen LogP contribution is -2.47. The van der Waals surface area contributed by atoms with Crippen molar-refractivity contribution in [1.82, 2.24) is 14.5 Å². The summed E-state index contributed by atoms with van der Waals surface area (Å²) in [7, 11) is 6.04. The summed E-state index contributed by atoms with van der Waals surface area (Å²) in [5.74, 6) is 0.774. The number of aliphatic hydroxyl groups is 1. The zero-order valence-electron chi connectivity index (χ0n) is 10.3. The SMILES string of the molecule is CN(C)C1(C(O)c2nccn2C)CCCC1. The summed E-state index contributed by atoms with van der Waals surface area (Å²) in [6.07, 6.45) is 7.62. The molecule has 0 bridgehead atoms. The predicted octanol–water partition coefficient (Wildman–Crippen LogP) is 1.33. The van der Waals surface area contributed by atoms with Gasteiger partial charge in [0.1, 0.15) is 11.9 Å². The molecule has 0 aromatic carbocycles. The molecule has 1 aliphatic carbocycles. The Morgan fingerprint density at radius 1 is 1.44 bits per heavy atom. The van der Waals surface area contributed by atoms with E-state index < -0.39 is 6.10 Å². The lowest BCUT2D eigenvalue weighted by molar-refractivity contribution is -0.0115. The number of aliphatic hydroxyl groups excluding tert-OH is 1. The summed E-state index contributed by atoms with van der Waals surface area (Å²) >= 11 is 0. The number of aryl methyl sites for hydroxylation is 1. The van der Waals surface area contributed by atoms with E-state index in [4.69, 9.17) is 0 Å². The van der Waals surface area contributed by atoms with Crippen LogP contribution in [-0.2, 0) is 7.05 Å². The van der Waals surface area contributed by atoms with E-state index >= 15 is 0 Å². The number of hydrogen-bond donors (Lipinski definition) is 1. The maximum absolute atomic E-state index is 10.6. The minimum Gasteiger partial charge on any atom is -0.383 e. The Kier molecular flexibility index (Phi) is 3.04. The van der Waals surface area contributed by atoms with Crippen LogP contribution in [-0.4, -0.2) is 39.2 Å². The standard InChI is InChI=1S/C12H21N3O/c1-14(2)12(6-4-5-7-12)10(16)11-13-8-9-15(11)3/h8-10,16H,4-7H2,1-3H3. The molecule has 0 amide bonds. The molecule has 0 radical (unpaired) electrons. The summed E-state index contributed by atoms with van der Waals surface area (Å²) in [5, 5.41) is 10.6. The Morgan fingerprint density at radius 2 is 2.06 bits per heavy atom. The average Bonchev–Trinajstić information content (AvgIpc) is 2.85. The molecule has 4 nitrogen and oxygen atoms in total. The van der Waals surface area contributed by atoms with Crippen LogP contribution in [0.15, 0.2) is 12.4 Å². The van der Waals surface area contributed by atoms with Crippen molar-refractivity contribution in [3.8, 4) is 0 Å². The first-order chi connectivity index (χ1) is 7.58. The van der Waals surface area contributed by atoms with Crippen molar-refractivity contribution >= 4 is 0 Å². The van der Waals surface area contributed by atoms with Crippen LogP contribution in [0.25, 0.3) is 0 Å². The second-order valence-electron chi connectivity index (χ2n) is 5.00. The topological polar surface area (TPSA) is 41.3 Å². The van der Waals surface area contributed by atoms with E-state index in [-0.39, 0.29) is 5.54 Å². The van der Waals surface area contributed by atoms with Gasteiger partial charge in [-0.2, -0.15) is 0 Å². The van der Waals surface area contributed by atoms with E-state index in [1.165, 1.54) is 12.8 Å². The number of aromatic nitrogens is 2. The molecular weight excluding hydrogens is 202 g/mol. The molecule has 90 valence electrons. The van der Waals surface area contributed by atoms with Crippen molar-refractivity contribution in [2.24, 2.45) is 7.05 Å². The predicted molar refractivity (Wildman–Crippen MR) is 63.1 cm³/mol. The third-order valence-electron chi connectivity index (χ3n) is 3.97. The number of imidazole rings is 1. The van der Waals surface area contributed by atoms with E-state index in [0.29, 0.717) is 0 Å². The van der Waals surface area contributed by atoms with Crippen LogP contribution in [0, 0.1) is 0 Å². The molecule has 1 heterocycles. The molecule has 0 aliphatic heterocycles. The van der Waals surface area contributed by atoms with Crippen LogP contribution in [0.3, 0.4) is 0 Å². The van der Waals surface area contributed by atoms with Gasteiger partial charge in [0.15, 0.2) is 0 Å². The Hall–Kier alpha value is -0.870. The van der Waals surface area contributed by atoms with Gasteiger partial charge in [-0.25, -0.2) is 4.98 Å². The Morgan fingerprint density at radius 3 is 2.50 bits per heavy atom. The summed E-state index contributed by atoms with van der Waals surface area (Å²) in [6.45, 7) is 0. The summed E-state index contributed by atoms with van der Waals surface area (Å²) in [6, 6.07) is 0.